The summed E-state index contributed by atoms with van der Waals surface area (Å²) < 4.78 is 31.5. The Hall–Kier alpha value is -1.87. The van der Waals surface area contributed by atoms with Gasteiger partial charge in [0.15, 0.2) is 0 Å². The van der Waals surface area contributed by atoms with Gasteiger partial charge >= 0.3 is 5.97 Å². The molecule has 20 heavy (non-hydrogen) atoms. The molecule has 2 aromatic rings. The maximum Gasteiger partial charge on any atom is 0.308 e. The molecule has 2 heterocycles. The predicted molar refractivity (Wildman–Crippen MR) is 72.4 cm³/mol. The molecule has 2 aromatic heterocycles. The highest BCUT2D eigenvalue weighted by molar-refractivity contribution is 7.94. The van der Waals surface area contributed by atoms with Gasteiger partial charge in [-0.25, -0.2) is 13.1 Å². The lowest BCUT2D eigenvalue weighted by Crippen LogP contribution is -2.11. The van der Waals surface area contributed by atoms with Gasteiger partial charge in [-0.1, -0.05) is 5.16 Å². The largest absolute Gasteiger partial charge is 0.481 e. The lowest BCUT2D eigenvalue weighted by atomic mass is 10.3. The van der Waals surface area contributed by atoms with Crippen LogP contribution in [0, 0.1) is 13.8 Å². The molecule has 0 bridgehead atoms. The summed E-state index contributed by atoms with van der Waals surface area (Å²) in [5.41, 5.74) is 1.20. The minimum atomic E-state index is -3.80. The zero-order valence-electron chi connectivity index (χ0n) is 10.7. The van der Waals surface area contributed by atoms with Gasteiger partial charge in [0.1, 0.15) is 4.21 Å². The van der Waals surface area contributed by atoms with Crippen molar-refractivity contribution < 1.29 is 22.8 Å². The molecular formula is C11H12N2O5S2. The number of nitrogens with zero attached hydrogens (tertiary/aromatic N) is 1. The van der Waals surface area contributed by atoms with Crippen molar-refractivity contribution >= 4 is 33.2 Å². The average Bonchev–Trinajstić information content (AvgIpc) is 2.91. The minimum absolute atomic E-state index is 0.0298. The van der Waals surface area contributed by atoms with Crippen molar-refractivity contribution in [1.29, 1.82) is 0 Å². The zero-order valence-corrected chi connectivity index (χ0v) is 12.3. The minimum Gasteiger partial charge on any atom is -0.481 e. The quantitative estimate of drug-likeness (QED) is 0.870. The number of aromatic nitrogens is 1. The molecule has 2 rings (SSSR count). The fourth-order valence-corrected chi connectivity index (χ4v) is 3.82. The number of hydrogen-bond donors (Lipinski definition) is 2. The summed E-state index contributed by atoms with van der Waals surface area (Å²) in [6, 6.07) is 2.84. The van der Waals surface area contributed by atoms with E-state index in [4.69, 9.17) is 9.63 Å². The van der Waals surface area contributed by atoms with Crippen LogP contribution >= 0.6 is 11.3 Å². The Morgan fingerprint density at radius 3 is 2.70 bits per heavy atom. The summed E-state index contributed by atoms with van der Waals surface area (Å²) in [6.45, 7) is 3.39. The number of anilines is 1. The number of aryl methyl sites for hydroxylation is 1. The summed E-state index contributed by atoms with van der Waals surface area (Å²) in [5.74, 6) is -0.943. The van der Waals surface area contributed by atoms with E-state index >= 15 is 0 Å². The van der Waals surface area contributed by atoms with Gasteiger partial charge in [-0.3, -0.25) is 4.79 Å². The molecule has 0 aliphatic carbocycles. The first-order valence-electron chi connectivity index (χ1n) is 5.56. The van der Waals surface area contributed by atoms with Crippen LogP contribution in [0.25, 0.3) is 0 Å². The number of carbonyl (C=O) groups is 1. The van der Waals surface area contributed by atoms with Crippen molar-refractivity contribution in [1.82, 2.24) is 5.16 Å². The molecule has 7 nitrogen and oxygen atoms in total. The monoisotopic (exact) mass is 316 g/mol. The number of nitrogens with one attached hydrogen (secondary N) is 1. The van der Waals surface area contributed by atoms with Gasteiger partial charge in [0, 0.05) is 10.4 Å². The molecule has 0 aromatic carbocycles. The summed E-state index contributed by atoms with van der Waals surface area (Å²) >= 11 is 0.907. The number of carboxylic acids is 1. The standard InChI is InChI=1S/C11H12N2O5S2/c1-6-7(2)12-18-11(6)13-20(16,17)10-4-3-8(19-10)5-9(14)15/h3-4,13H,5H2,1-2H3,(H,14,15). The Labute approximate surface area is 119 Å². The van der Waals surface area contributed by atoms with Crippen molar-refractivity contribution in [2.75, 3.05) is 4.72 Å². The van der Waals surface area contributed by atoms with Crippen LogP contribution in [0.4, 0.5) is 5.88 Å². The fourth-order valence-electron chi connectivity index (χ4n) is 1.43. The molecule has 0 spiro atoms. The van der Waals surface area contributed by atoms with Crippen LogP contribution in [0.5, 0.6) is 0 Å². The van der Waals surface area contributed by atoms with Crippen LogP contribution in [0.15, 0.2) is 20.9 Å². The van der Waals surface area contributed by atoms with Gasteiger partial charge in [-0.2, -0.15) is 0 Å². The lowest BCUT2D eigenvalue weighted by Gasteiger charge is -2.02. The van der Waals surface area contributed by atoms with Crippen LogP contribution in [-0.2, 0) is 21.2 Å². The fraction of sp³-hybridized carbons (Fsp3) is 0.273. The molecule has 0 atom stereocenters. The molecule has 2 N–H and O–H groups in total. The topological polar surface area (TPSA) is 110 Å². The number of hydrogen-bond acceptors (Lipinski definition) is 6. The third-order valence-corrected chi connectivity index (χ3v) is 5.52. The van der Waals surface area contributed by atoms with E-state index in [2.05, 4.69) is 9.88 Å². The van der Waals surface area contributed by atoms with Crippen LogP contribution in [-0.4, -0.2) is 24.7 Å². The second-order valence-corrected chi connectivity index (χ2v) is 7.20. The van der Waals surface area contributed by atoms with Crippen molar-refractivity contribution in [3.63, 3.8) is 0 Å². The van der Waals surface area contributed by atoms with E-state index < -0.39 is 16.0 Å². The normalized spacial score (nSPS) is 11.5. The SMILES string of the molecule is Cc1noc(NS(=O)(=O)c2ccc(CC(=O)O)s2)c1C. The zero-order chi connectivity index (χ0) is 14.9. The molecule has 0 saturated carbocycles. The smallest absolute Gasteiger partial charge is 0.308 e. The highest BCUT2D eigenvalue weighted by Gasteiger charge is 2.21. The molecule has 0 fully saturated rings. The van der Waals surface area contributed by atoms with Gasteiger partial charge in [0.25, 0.3) is 10.0 Å². The summed E-state index contributed by atoms with van der Waals surface area (Å²) in [7, 11) is -3.80. The second kappa shape index (κ2) is 5.25. The molecule has 108 valence electrons. The number of sulfonamides is 1. The molecule has 0 unspecified atom stereocenters. The van der Waals surface area contributed by atoms with Gasteiger partial charge in [0.05, 0.1) is 12.1 Å². The van der Waals surface area contributed by atoms with Crippen molar-refractivity contribution in [3.8, 4) is 0 Å². The highest BCUT2D eigenvalue weighted by atomic mass is 32.2. The molecule has 0 saturated heterocycles. The molecule has 0 amide bonds. The first kappa shape index (κ1) is 14.5. The number of carboxylic acid groups (broad SMARTS) is 1. The van der Waals surface area contributed by atoms with Gasteiger partial charge in [-0.05, 0) is 26.0 Å². The molecular weight excluding hydrogens is 304 g/mol. The van der Waals surface area contributed by atoms with Gasteiger partial charge < -0.3 is 9.63 Å². The van der Waals surface area contributed by atoms with Crippen molar-refractivity contribution in [2.45, 2.75) is 24.5 Å². The van der Waals surface area contributed by atoms with Gasteiger partial charge in [-0.15, -0.1) is 11.3 Å². The lowest BCUT2D eigenvalue weighted by molar-refractivity contribution is -0.136. The average molecular weight is 316 g/mol. The third kappa shape index (κ3) is 2.99. The van der Waals surface area contributed by atoms with Crippen LogP contribution in [0.3, 0.4) is 0 Å². The number of aliphatic carboxylic acids is 1. The maximum atomic E-state index is 12.1. The predicted octanol–water partition coefficient (Wildman–Crippen LogP) is 1.78. The Kier molecular flexibility index (Phi) is 3.82. The number of thiophene rings is 1. The van der Waals surface area contributed by atoms with Crippen LogP contribution in [0.2, 0.25) is 0 Å². The second-order valence-electron chi connectivity index (χ2n) is 4.12. The van der Waals surface area contributed by atoms with E-state index in [-0.39, 0.29) is 16.5 Å². The van der Waals surface area contributed by atoms with E-state index in [0.29, 0.717) is 16.1 Å². The highest BCUT2D eigenvalue weighted by Crippen LogP contribution is 2.26. The maximum absolute atomic E-state index is 12.1. The molecule has 0 aliphatic rings. The van der Waals surface area contributed by atoms with E-state index in [1.807, 2.05) is 0 Å². The summed E-state index contributed by atoms with van der Waals surface area (Å²) in [5, 5.41) is 12.3. The molecule has 9 heteroatoms. The van der Waals surface area contributed by atoms with E-state index in [9.17, 15) is 13.2 Å². The Morgan fingerprint density at radius 1 is 1.45 bits per heavy atom. The Balaban J connectivity index is 2.24. The van der Waals surface area contributed by atoms with E-state index in [1.165, 1.54) is 12.1 Å². The molecule has 0 radical (unpaired) electrons. The van der Waals surface area contributed by atoms with Crippen molar-refractivity contribution in [3.05, 3.63) is 28.3 Å². The van der Waals surface area contributed by atoms with Crippen LogP contribution in [0.1, 0.15) is 16.1 Å². The number of rotatable bonds is 5. The van der Waals surface area contributed by atoms with E-state index in [0.717, 1.165) is 11.3 Å². The van der Waals surface area contributed by atoms with E-state index in [1.54, 1.807) is 13.8 Å². The van der Waals surface area contributed by atoms with Crippen LogP contribution < -0.4 is 4.72 Å². The van der Waals surface area contributed by atoms with Crippen molar-refractivity contribution in [2.24, 2.45) is 0 Å². The summed E-state index contributed by atoms with van der Waals surface area (Å²) in [6.07, 6.45) is -0.208. The Morgan fingerprint density at radius 2 is 2.15 bits per heavy atom. The first-order valence-corrected chi connectivity index (χ1v) is 7.86. The first-order chi connectivity index (χ1) is 9.29. The van der Waals surface area contributed by atoms with Gasteiger partial charge in [0.2, 0.25) is 5.88 Å². The third-order valence-electron chi connectivity index (χ3n) is 2.61. The molecule has 0 aliphatic heterocycles. The Bertz CT molecular complexity index is 745. The summed E-state index contributed by atoms with van der Waals surface area (Å²) in [4.78, 5) is 11.0.